The minimum absolute atomic E-state index is 0.0836. The van der Waals surface area contributed by atoms with Gasteiger partial charge in [-0.15, -0.1) is 0 Å². The summed E-state index contributed by atoms with van der Waals surface area (Å²) in [5, 5.41) is 0.722. The summed E-state index contributed by atoms with van der Waals surface area (Å²) in [5.41, 5.74) is 0.852. The van der Waals surface area contributed by atoms with Gasteiger partial charge in [-0.3, -0.25) is 9.69 Å². The molecule has 6 heteroatoms. The van der Waals surface area contributed by atoms with Crippen LogP contribution in [0, 0.1) is 5.92 Å². The molecule has 0 spiro atoms. The molecule has 136 valence electrons. The van der Waals surface area contributed by atoms with Gasteiger partial charge in [-0.2, -0.15) is 0 Å². The van der Waals surface area contributed by atoms with Gasteiger partial charge < -0.3 is 9.15 Å². The molecule has 1 amide bonds. The summed E-state index contributed by atoms with van der Waals surface area (Å²) in [7, 11) is 1.64. The molecule has 1 saturated carbocycles. The van der Waals surface area contributed by atoms with Crippen molar-refractivity contribution in [1.29, 1.82) is 0 Å². The van der Waals surface area contributed by atoms with E-state index < -0.39 is 0 Å². The van der Waals surface area contributed by atoms with Crippen molar-refractivity contribution in [3.8, 4) is 5.75 Å². The smallest absolute Gasteiger partial charge is 0.232 e. The van der Waals surface area contributed by atoms with Crippen molar-refractivity contribution in [2.75, 3.05) is 12.0 Å². The van der Waals surface area contributed by atoms with Crippen molar-refractivity contribution < 1.29 is 13.9 Å². The van der Waals surface area contributed by atoms with E-state index >= 15 is 0 Å². The molecule has 1 aromatic carbocycles. The fraction of sp³-hybridized carbons (Fsp3) is 0.400. The first-order chi connectivity index (χ1) is 12.7. The van der Waals surface area contributed by atoms with Gasteiger partial charge in [0, 0.05) is 12.0 Å². The number of aromatic nitrogens is 1. The lowest BCUT2D eigenvalue weighted by atomic mass is 9.88. The SMILES string of the molecule is COc1ccc2sc(N(Cc3ccco3)C(=O)C3CCCCC3)nc2c1. The van der Waals surface area contributed by atoms with E-state index in [0.29, 0.717) is 6.54 Å². The molecule has 3 aromatic rings. The van der Waals surface area contributed by atoms with Crippen LogP contribution < -0.4 is 9.64 Å². The predicted octanol–water partition coefficient (Wildman–Crippen LogP) is 5.01. The number of furan rings is 1. The molecule has 2 heterocycles. The molecule has 4 rings (SSSR count). The Labute approximate surface area is 156 Å². The Morgan fingerprint density at radius 1 is 1.31 bits per heavy atom. The van der Waals surface area contributed by atoms with Gasteiger partial charge in [0.25, 0.3) is 0 Å². The van der Waals surface area contributed by atoms with Crippen molar-refractivity contribution in [2.24, 2.45) is 5.92 Å². The van der Waals surface area contributed by atoms with Crippen LogP contribution in [0.5, 0.6) is 5.75 Å². The lowest BCUT2D eigenvalue weighted by Gasteiger charge is -2.27. The van der Waals surface area contributed by atoms with Crippen LogP contribution in [0.1, 0.15) is 37.9 Å². The molecule has 1 aliphatic carbocycles. The van der Waals surface area contributed by atoms with E-state index in [1.165, 1.54) is 17.8 Å². The number of nitrogens with zero attached hydrogens (tertiary/aromatic N) is 2. The predicted molar refractivity (Wildman–Crippen MR) is 103 cm³/mol. The Hall–Kier alpha value is -2.34. The summed E-state index contributed by atoms with van der Waals surface area (Å²) < 4.78 is 11.8. The number of methoxy groups -OCH3 is 1. The molecule has 5 nitrogen and oxygen atoms in total. The number of amides is 1. The number of ether oxygens (including phenoxy) is 1. The van der Waals surface area contributed by atoms with E-state index in [1.807, 2.05) is 30.3 Å². The molecule has 0 atom stereocenters. The fourth-order valence-corrected chi connectivity index (χ4v) is 4.46. The van der Waals surface area contributed by atoms with Crippen LogP contribution in [-0.4, -0.2) is 18.0 Å². The van der Waals surface area contributed by atoms with E-state index in [4.69, 9.17) is 14.1 Å². The van der Waals surface area contributed by atoms with E-state index in [0.717, 1.165) is 52.5 Å². The summed E-state index contributed by atoms with van der Waals surface area (Å²) in [6.07, 6.45) is 7.05. The molecule has 1 fully saturated rings. The number of carbonyl (C=O) groups excluding carboxylic acids is 1. The minimum atomic E-state index is 0.0836. The maximum absolute atomic E-state index is 13.3. The first kappa shape index (κ1) is 17.1. The van der Waals surface area contributed by atoms with Gasteiger partial charge in [0.05, 0.1) is 30.1 Å². The Balaban J connectivity index is 1.68. The Morgan fingerprint density at radius 3 is 2.88 bits per heavy atom. The average Bonchev–Trinajstić information content (AvgIpc) is 3.34. The highest BCUT2D eigenvalue weighted by atomic mass is 32.1. The molecule has 0 saturated heterocycles. The van der Waals surface area contributed by atoms with E-state index in [9.17, 15) is 4.79 Å². The second-order valence-corrected chi connectivity index (χ2v) is 7.68. The Morgan fingerprint density at radius 2 is 2.15 bits per heavy atom. The maximum atomic E-state index is 13.3. The summed E-state index contributed by atoms with van der Waals surface area (Å²) in [6.45, 7) is 0.416. The zero-order chi connectivity index (χ0) is 17.9. The quantitative estimate of drug-likeness (QED) is 0.633. The van der Waals surface area contributed by atoms with Gasteiger partial charge in [-0.25, -0.2) is 4.98 Å². The maximum Gasteiger partial charge on any atom is 0.232 e. The second-order valence-electron chi connectivity index (χ2n) is 6.67. The molecular formula is C20H22N2O3S. The normalized spacial score (nSPS) is 15.3. The molecule has 2 aromatic heterocycles. The topological polar surface area (TPSA) is 55.6 Å². The highest BCUT2D eigenvalue weighted by Crippen LogP contribution is 2.34. The molecule has 0 radical (unpaired) electrons. The number of rotatable bonds is 5. The third kappa shape index (κ3) is 3.46. The zero-order valence-corrected chi connectivity index (χ0v) is 15.6. The van der Waals surface area contributed by atoms with Crippen LogP contribution in [0.25, 0.3) is 10.2 Å². The summed E-state index contributed by atoms with van der Waals surface area (Å²) in [4.78, 5) is 19.8. The third-order valence-electron chi connectivity index (χ3n) is 4.93. The van der Waals surface area contributed by atoms with Crippen molar-refractivity contribution >= 4 is 32.6 Å². The number of thiazole rings is 1. The largest absolute Gasteiger partial charge is 0.497 e. The van der Waals surface area contributed by atoms with Crippen LogP contribution in [0.4, 0.5) is 5.13 Å². The second kappa shape index (κ2) is 7.50. The van der Waals surface area contributed by atoms with Crippen LogP contribution in [0.15, 0.2) is 41.0 Å². The van der Waals surface area contributed by atoms with Crippen molar-refractivity contribution in [3.63, 3.8) is 0 Å². The molecule has 26 heavy (non-hydrogen) atoms. The Bertz CT molecular complexity index is 882. The number of fused-ring (bicyclic) bond motifs is 1. The lowest BCUT2D eigenvalue weighted by molar-refractivity contribution is -0.123. The zero-order valence-electron chi connectivity index (χ0n) is 14.8. The molecule has 1 aliphatic rings. The Kier molecular flexibility index (Phi) is 4.93. The molecule has 0 unspecified atom stereocenters. The van der Waals surface area contributed by atoms with Crippen molar-refractivity contribution in [2.45, 2.75) is 38.6 Å². The molecular weight excluding hydrogens is 348 g/mol. The number of hydrogen-bond acceptors (Lipinski definition) is 5. The van der Waals surface area contributed by atoms with Crippen LogP contribution in [0.2, 0.25) is 0 Å². The first-order valence-corrected chi connectivity index (χ1v) is 9.84. The average molecular weight is 370 g/mol. The van der Waals surface area contributed by atoms with E-state index in [-0.39, 0.29) is 11.8 Å². The van der Waals surface area contributed by atoms with Gasteiger partial charge in [0.15, 0.2) is 5.13 Å². The summed E-state index contributed by atoms with van der Waals surface area (Å²) >= 11 is 1.54. The van der Waals surface area contributed by atoms with Gasteiger partial charge in [0.1, 0.15) is 11.5 Å². The molecule has 0 N–H and O–H groups in total. The van der Waals surface area contributed by atoms with Crippen LogP contribution in [0.3, 0.4) is 0 Å². The van der Waals surface area contributed by atoms with E-state index in [2.05, 4.69) is 0 Å². The van der Waals surface area contributed by atoms with Crippen molar-refractivity contribution in [1.82, 2.24) is 4.98 Å². The van der Waals surface area contributed by atoms with Gasteiger partial charge in [0.2, 0.25) is 5.91 Å². The fourth-order valence-electron chi connectivity index (χ4n) is 3.51. The third-order valence-corrected chi connectivity index (χ3v) is 5.99. The van der Waals surface area contributed by atoms with Crippen molar-refractivity contribution in [3.05, 3.63) is 42.4 Å². The molecule has 0 bridgehead atoms. The summed E-state index contributed by atoms with van der Waals surface area (Å²) in [5.74, 6) is 1.78. The standard InChI is InChI=1S/C20H22N2O3S/c1-24-15-9-10-18-17(12-15)21-20(26-18)22(13-16-8-5-11-25-16)19(23)14-6-3-2-4-7-14/h5,8-12,14H,2-4,6-7,13H2,1H3. The van der Waals surface area contributed by atoms with Crippen LogP contribution in [-0.2, 0) is 11.3 Å². The number of benzene rings is 1. The minimum Gasteiger partial charge on any atom is -0.497 e. The monoisotopic (exact) mass is 370 g/mol. The number of anilines is 1. The van der Waals surface area contributed by atoms with Crippen LogP contribution >= 0.6 is 11.3 Å². The first-order valence-electron chi connectivity index (χ1n) is 9.03. The van der Waals surface area contributed by atoms with Gasteiger partial charge >= 0.3 is 0 Å². The number of carbonyl (C=O) groups is 1. The number of hydrogen-bond donors (Lipinski definition) is 0. The highest BCUT2D eigenvalue weighted by Gasteiger charge is 2.29. The van der Waals surface area contributed by atoms with E-state index in [1.54, 1.807) is 18.3 Å². The van der Waals surface area contributed by atoms with Gasteiger partial charge in [-0.05, 0) is 37.1 Å². The molecule has 0 aliphatic heterocycles. The highest BCUT2D eigenvalue weighted by molar-refractivity contribution is 7.22. The lowest BCUT2D eigenvalue weighted by Crippen LogP contribution is -2.36. The summed E-state index contributed by atoms with van der Waals surface area (Å²) in [6, 6.07) is 9.57. The van der Waals surface area contributed by atoms with Gasteiger partial charge in [-0.1, -0.05) is 30.6 Å².